The first-order chi connectivity index (χ1) is 13.1. The number of benzene rings is 1. The maximum atomic E-state index is 14.4. The minimum absolute atomic E-state index is 0.0538. The van der Waals surface area contributed by atoms with Crippen LogP contribution in [-0.4, -0.2) is 39.8 Å². The Labute approximate surface area is 161 Å². The monoisotopic (exact) mass is 388 g/mol. The van der Waals surface area contributed by atoms with Crippen LogP contribution >= 0.6 is 11.6 Å². The minimum Gasteiger partial charge on any atom is -0.355 e. The zero-order valence-electron chi connectivity index (χ0n) is 15.1. The number of halogens is 2. The Bertz CT molecular complexity index is 959. The summed E-state index contributed by atoms with van der Waals surface area (Å²) in [6.45, 7) is 0.674. The molecule has 0 amide bonds. The molecule has 2 aromatic heterocycles. The predicted molar refractivity (Wildman–Crippen MR) is 105 cm³/mol. The molecule has 6 nitrogen and oxygen atoms in total. The van der Waals surface area contributed by atoms with E-state index in [2.05, 4.69) is 25.1 Å². The molecule has 27 heavy (non-hydrogen) atoms. The van der Waals surface area contributed by atoms with Gasteiger partial charge in [-0.1, -0.05) is 30.5 Å². The number of fused-ring (bicyclic) bond motifs is 1. The van der Waals surface area contributed by atoms with Crippen molar-refractivity contribution in [2.45, 2.75) is 31.7 Å². The summed E-state index contributed by atoms with van der Waals surface area (Å²) >= 11 is 5.90. The Morgan fingerprint density at radius 2 is 2.15 bits per heavy atom. The number of H-pyrrole nitrogens is 1. The summed E-state index contributed by atoms with van der Waals surface area (Å²) in [5.74, 6) is 0.706. The van der Waals surface area contributed by atoms with Crippen molar-refractivity contribution in [3.63, 3.8) is 0 Å². The Hall–Kier alpha value is -2.25. The van der Waals surface area contributed by atoms with Crippen molar-refractivity contribution in [2.75, 3.05) is 18.5 Å². The van der Waals surface area contributed by atoms with Crippen molar-refractivity contribution in [3.05, 3.63) is 35.2 Å². The summed E-state index contributed by atoms with van der Waals surface area (Å²) in [5.41, 5.74) is 7.72. The summed E-state index contributed by atoms with van der Waals surface area (Å²) in [6.07, 6.45) is 6.38. The third kappa shape index (κ3) is 3.26. The fraction of sp³-hybridized carbons (Fsp3) is 0.421. The van der Waals surface area contributed by atoms with Crippen molar-refractivity contribution in [2.24, 2.45) is 11.7 Å². The number of anilines is 1. The van der Waals surface area contributed by atoms with Gasteiger partial charge >= 0.3 is 0 Å². The standard InChI is InChI=1S/C19H22ClFN6/c1-27(14-8-3-2-5-11(14)9-22)15-10-23-18-17(25-26-19(18)24-15)12-6-4-7-13(20)16(12)21/h4,6-7,10-11,14H,2-3,5,8-9,22H2,1H3,(H,24,25,26)/t11-,14-/m1/s1. The fourth-order valence-electron chi connectivity index (χ4n) is 3.98. The Morgan fingerprint density at radius 1 is 1.33 bits per heavy atom. The minimum atomic E-state index is -0.511. The van der Waals surface area contributed by atoms with Crippen LogP contribution in [0.25, 0.3) is 22.4 Å². The number of hydrogen-bond acceptors (Lipinski definition) is 5. The van der Waals surface area contributed by atoms with Gasteiger partial charge in [0.2, 0.25) is 0 Å². The van der Waals surface area contributed by atoms with Gasteiger partial charge in [0.1, 0.15) is 17.0 Å². The smallest absolute Gasteiger partial charge is 0.177 e. The lowest BCUT2D eigenvalue weighted by Crippen LogP contribution is -2.43. The number of nitrogens with zero attached hydrogens (tertiary/aromatic N) is 4. The molecule has 0 aliphatic heterocycles. The molecular formula is C19H22ClFN6. The van der Waals surface area contributed by atoms with E-state index in [1.54, 1.807) is 18.3 Å². The van der Waals surface area contributed by atoms with Gasteiger partial charge in [0, 0.05) is 18.7 Å². The molecule has 4 rings (SSSR count). The van der Waals surface area contributed by atoms with Gasteiger partial charge in [0.05, 0.1) is 11.2 Å². The molecule has 1 aliphatic carbocycles. The maximum absolute atomic E-state index is 14.4. The van der Waals surface area contributed by atoms with Crippen molar-refractivity contribution in [1.82, 2.24) is 20.2 Å². The SMILES string of the molecule is CN(c1cnc2c(-c3cccc(Cl)c3F)n[nH]c2n1)[C@@H]1CCCC[C@@H]1CN. The molecule has 0 spiro atoms. The highest BCUT2D eigenvalue weighted by Crippen LogP contribution is 2.32. The number of rotatable bonds is 4. The van der Waals surface area contributed by atoms with Crippen molar-refractivity contribution < 1.29 is 4.39 Å². The van der Waals surface area contributed by atoms with E-state index in [0.29, 0.717) is 40.9 Å². The molecule has 3 aromatic rings. The topological polar surface area (TPSA) is 83.7 Å². The van der Waals surface area contributed by atoms with E-state index in [9.17, 15) is 4.39 Å². The summed E-state index contributed by atoms with van der Waals surface area (Å²) in [4.78, 5) is 11.3. The molecular weight excluding hydrogens is 367 g/mol. The Kier molecular flexibility index (Phi) is 4.97. The zero-order chi connectivity index (χ0) is 19.0. The third-order valence-corrected chi connectivity index (χ3v) is 5.79. The second-order valence-corrected chi connectivity index (χ2v) is 7.46. The molecule has 2 atom stereocenters. The molecule has 0 bridgehead atoms. The predicted octanol–water partition coefficient (Wildman–Crippen LogP) is 3.77. The van der Waals surface area contributed by atoms with Crippen molar-refractivity contribution >= 4 is 28.6 Å². The molecule has 0 saturated heterocycles. The molecule has 0 radical (unpaired) electrons. The highest BCUT2D eigenvalue weighted by atomic mass is 35.5. The van der Waals surface area contributed by atoms with E-state index >= 15 is 0 Å². The molecule has 142 valence electrons. The van der Waals surface area contributed by atoms with Crippen LogP contribution in [0.1, 0.15) is 25.7 Å². The lowest BCUT2D eigenvalue weighted by atomic mass is 9.84. The summed E-state index contributed by atoms with van der Waals surface area (Å²) in [7, 11) is 2.03. The van der Waals surface area contributed by atoms with Gasteiger partial charge in [0.25, 0.3) is 0 Å². The Morgan fingerprint density at radius 3 is 2.96 bits per heavy atom. The lowest BCUT2D eigenvalue weighted by Gasteiger charge is -2.38. The molecule has 1 aliphatic rings. The molecule has 2 heterocycles. The van der Waals surface area contributed by atoms with Crippen LogP contribution in [0.2, 0.25) is 5.02 Å². The third-order valence-electron chi connectivity index (χ3n) is 5.49. The van der Waals surface area contributed by atoms with Crippen molar-refractivity contribution in [1.29, 1.82) is 0 Å². The number of aromatic amines is 1. The second kappa shape index (κ2) is 7.40. The van der Waals surface area contributed by atoms with E-state index in [-0.39, 0.29) is 5.02 Å². The highest BCUT2D eigenvalue weighted by Gasteiger charge is 2.28. The first-order valence-corrected chi connectivity index (χ1v) is 9.56. The first kappa shape index (κ1) is 18.1. The molecule has 3 N–H and O–H groups in total. The highest BCUT2D eigenvalue weighted by molar-refractivity contribution is 6.31. The number of nitrogens with two attached hydrogens (primary N) is 1. The summed E-state index contributed by atoms with van der Waals surface area (Å²) in [6, 6.07) is 5.17. The van der Waals surface area contributed by atoms with Crippen LogP contribution < -0.4 is 10.6 Å². The van der Waals surface area contributed by atoms with E-state index in [1.807, 2.05) is 7.05 Å². The second-order valence-electron chi connectivity index (χ2n) is 7.06. The normalized spacial score (nSPS) is 20.1. The van der Waals surface area contributed by atoms with E-state index < -0.39 is 5.82 Å². The molecule has 1 fully saturated rings. The van der Waals surface area contributed by atoms with Crippen LogP contribution in [0.15, 0.2) is 24.4 Å². The van der Waals surface area contributed by atoms with Crippen molar-refractivity contribution in [3.8, 4) is 11.3 Å². The van der Waals surface area contributed by atoms with E-state index in [0.717, 1.165) is 18.7 Å². The Balaban J connectivity index is 1.69. The van der Waals surface area contributed by atoms with Crippen LogP contribution in [-0.2, 0) is 0 Å². The zero-order valence-corrected chi connectivity index (χ0v) is 15.9. The summed E-state index contributed by atoms with van der Waals surface area (Å²) < 4.78 is 14.4. The van der Waals surface area contributed by atoms with Gasteiger partial charge in [-0.3, -0.25) is 5.10 Å². The van der Waals surface area contributed by atoms with Gasteiger partial charge in [-0.15, -0.1) is 0 Å². The molecule has 1 saturated carbocycles. The van der Waals surface area contributed by atoms with Crippen LogP contribution in [0, 0.1) is 11.7 Å². The quantitative estimate of drug-likeness (QED) is 0.710. The van der Waals surface area contributed by atoms with E-state index in [1.165, 1.54) is 18.9 Å². The van der Waals surface area contributed by atoms with E-state index in [4.69, 9.17) is 17.3 Å². The van der Waals surface area contributed by atoms with Gasteiger partial charge in [0.15, 0.2) is 11.5 Å². The van der Waals surface area contributed by atoms with Crippen LogP contribution in [0.3, 0.4) is 0 Å². The van der Waals surface area contributed by atoms with Gasteiger partial charge in [-0.2, -0.15) is 5.10 Å². The molecule has 1 aromatic carbocycles. The molecule has 8 heteroatoms. The van der Waals surface area contributed by atoms with Gasteiger partial charge in [-0.05, 0) is 37.4 Å². The van der Waals surface area contributed by atoms with Gasteiger partial charge in [-0.25, -0.2) is 14.4 Å². The lowest BCUT2D eigenvalue weighted by molar-refractivity contribution is 0.305. The maximum Gasteiger partial charge on any atom is 0.177 e. The average Bonchev–Trinajstić information content (AvgIpc) is 3.12. The van der Waals surface area contributed by atoms with Crippen LogP contribution in [0.5, 0.6) is 0 Å². The number of nitrogens with one attached hydrogen (secondary N) is 1. The fourth-order valence-corrected chi connectivity index (χ4v) is 4.15. The van der Waals surface area contributed by atoms with Crippen LogP contribution in [0.4, 0.5) is 10.2 Å². The van der Waals surface area contributed by atoms with Gasteiger partial charge < -0.3 is 10.6 Å². The average molecular weight is 389 g/mol. The largest absolute Gasteiger partial charge is 0.355 e. The summed E-state index contributed by atoms with van der Waals surface area (Å²) in [5, 5.41) is 7.15. The first-order valence-electron chi connectivity index (χ1n) is 9.18. The molecule has 0 unspecified atom stereocenters. The number of hydrogen-bond donors (Lipinski definition) is 2. The number of aromatic nitrogens is 4.